The number of hydrogen-bond acceptors (Lipinski definition) is 15. The minimum absolute atomic E-state index is 0.202. The van der Waals surface area contributed by atoms with Gasteiger partial charge in [0.15, 0.2) is 5.92 Å². The van der Waals surface area contributed by atoms with Gasteiger partial charge in [-0.1, -0.05) is 135 Å². The third kappa shape index (κ3) is 19.1. The highest BCUT2D eigenvalue weighted by Gasteiger charge is 2.52. The summed E-state index contributed by atoms with van der Waals surface area (Å²) in [5, 5.41) is 35.6. The summed E-state index contributed by atoms with van der Waals surface area (Å²) in [4.78, 5) is 183. The summed E-state index contributed by atoms with van der Waals surface area (Å²) < 4.78 is 0. The van der Waals surface area contributed by atoms with Crippen molar-refractivity contribution in [3.63, 3.8) is 0 Å². The number of likely N-dealkylation sites (tertiary alicyclic amines) is 3. The molecule has 12 N–H and O–H groups in total. The molecular weight excluding hydrogens is 1350 g/mol. The third-order valence-electron chi connectivity index (χ3n) is 22.2. The molecule has 3 aromatic carbocycles. The molecule has 3 aliphatic heterocycles. The molecule has 27 heteroatoms. The number of carbonyl (C=O) groups is 12. The van der Waals surface area contributed by atoms with E-state index in [-0.39, 0.29) is 38.9 Å². The second-order valence-corrected chi connectivity index (χ2v) is 33.2. The highest BCUT2D eigenvalue weighted by molar-refractivity contribution is 6.18. The lowest BCUT2D eigenvalue weighted by molar-refractivity contribution is -0.145. The van der Waals surface area contributed by atoms with Gasteiger partial charge < -0.3 is 78.5 Å². The number of aryl methyl sites for hydroxylation is 3. The molecule has 0 saturated carbocycles. The van der Waals surface area contributed by atoms with Crippen LogP contribution in [0.25, 0.3) is 0 Å². The number of likely N-dealkylation sites (N-methyl/N-ethyl adjacent to an activating group) is 3. The van der Waals surface area contributed by atoms with E-state index in [2.05, 4.69) is 63.8 Å². The molecule has 15 atom stereocenters. The smallest absolute Gasteiger partial charge is 0.246 e. The Morgan fingerprint density at radius 3 is 0.840 bits per heavy atom. The van der Waals surface area contributed by atoms with E-state index >= 15 is 43.2 Å². The lowest BCUT2D eigenvalue weighted by atomic mass is 9.85. The van der Waals surface area contributed by atoms with Crippen LogP contribution in [0.4, 0.5) is 0 Å². The van der Waals surface area contributed by atoms with Crippen LogP contribution in [0.1, 0.15) is 192 Å². The van der Waals surface area contributed by atoms with Crippen LogP contribution >= 0.6 is 0 Å². The van der Waals surface area contributed by atoms with Crippen LogP contribution in [0, 0.1) is 22.2 Å². The van der Waals surface area contributed by atoms with Crippen molar-refractivity contribution in [2.75, 3.05) is 40.8 Å². The quantitative estimate of drug-likeness (QED) is 0.0574. The zero-order valence-electron chi connectivity index (χ0n) is 64.5. The third-order valence-corrected chi connectivity index (χ3v) is 22.2. The van der Waals surface area contributed by atoms with Crippen molar-refractivity contribution >= 4 is 70.9 Å². The first-order valence-corrected chi connectivity index (χ1v) is 37.9. The monoisotopic (exact) mass is 1470 g/mol. The van der Waals surface area contributed by atoms with Crippen molar-refractivity contribution in [1.29, 1.82) is 0 Å². The zero-order valence-corrected chi connectivity index (χ0v) is 64.5. The summed E-state index contributed by atoms with van der Waals surface area (Å²) in [6.07, 6.45) is 5.94. The molecule has 0 radical (unpaired) electrons. The number of amides is 12. The first kappa shape index (κ1) is 81.3. The molecule has 3 aromatic rings. The Morgan fingerprint density at radius 2 is 0.604 bits per heavy atom. The highest BCUT2D eigenvalue weighted by atomic mass is 16.2. The maximum Gasteiger partial charge on any atom is 0.246 e. The number of nitrogens with one attached hydrogen (secondary N) is 12. The Morgan fingerprint density at radius 1 is 0.358 bits per heavy atom. The number of nitrogens with zero attached hydrogens (tertiary/aromatic N) is 3. The number of carbonyl (C=O) groups excluding carboxylic acids is 12. The van der Waals surface area contributed by atoms with Gasteiger partial charge in [-0.3, -0.25) is 57.5 Å². The molecule has 9 rings (SSSR count). The van der Waals surface area contributed by atoms with Crippen molar-refractivity contribution in [1.82, 2.24) is 78.5 Å². The fraction of sp³-hybridized carbons (Fsp3) is 0.620. The SMILES string of the molecule is CN[C@@H](C)C(=O)NC(C(=O)N1C[C@@H](NC(=O)C(C(=O)N[C@H]2C[C@@H](C(=O)N[C@@H]3CCCc4ccccc43)N(C(=O)[C@@H](NC(=O)[C@H](C)NC)C(C)(C)C)C2)C(=O)N[C@H]2C[C@@H](C(=O)N[C@@H]3CCCc4ccccc43)N(C(=O)[C@@H](NC(=O)[C@H](C)NC)C(C)(C)C)C2)C[C@H]1C(=O)N[C@@H]1CCCc2ccccc21)C(C)(C)C. The molecule has 0 aromatic heterocycles. The summed E-state index contributed by atoms with van der Waals surface area (Å²) >= 11 is 0. The summed E-state index contributed by atoms with van der Waals surface area (Å²) in [6.45, 7) is 20.0. The average Bonchev–Trinajstić information content (AvgIpc) is 1.64. The minimum atomic E-state index is -2.30. The van der Waals surface area contributed by atoms with E-state index in [1.807, 2.05) is 72.8 Å². The topological polar surface area (TPSA) is 359 Å². The Labute approximate surface area is 624 Å². The van der Waals surface area contributed by atoms with Crippen LogP contribution in [-0.4, -0.2) is 199 Å². The lowest BCUT2D eigenvalue weighted by Crippen LogP contribution is -2.60. The van der Waals surface area contributed by atoms with Crippen molar-refractivity contribution in [3.05, 3.63) is 106 Å². The molecule has 1 unspecified atom stereocenters. The molecule has 3 fully saturated rings. The van der Waals surface area contributed by atoms with Crippen molar-refractivity contribution in [2.24, 2.45) is 22.2 Å². The van der Waals surface area contributed by atoms with E-state index in [9.17, 15) is 14.4 Å². The molecule has 12 amide bonds. The van der Waals surface area contributed by atoms with Crippen molar-refractivity contribution in [3.8, 4) is 0 Å². The maximum absolute atomic E-state index is 15.7. The molecule has 3 heterocycles. The van der Waals surface area contributed by atoms with Crippen LogP contribution in [0.3, 0.4) is 0 Å². The molecule has 27 nitrogen and oxygen atoms in total. The summed E-state index contributed by atoms with van der Waals surface area (Å²) in [5.74, 6) is -10.7. The van der Waals surface area contributed by atoms with E-state index < -0.39 is 184 Å². The normalized spacial score (nSPS) is 23.9. The first-order chi connectivity index (χ1) is 50.0. The molecular formula is C79H115N15O12. The van der Waals surface area contributed by atoms with Gasteiger partial charge in [0.1, 0.15) is 36.3 Å². The van der Waals surface area contributed by atoms with Gasteiger partial charge in [0.25, 0.3) is 0 Å². The lowest BCUT2D eigenvalue weighted by Gasteiger charge is -2.36. The van der Waals surface area contributed by atoms with Crippen molar-refractivity contribution in [2.45, 2.75) is 251 Å². The molecule has 3 aliphatic carbocycles. The number of fused-ring (bicyclic) bond motifs is 3. The summed E-state index contributed by atoms with van der Waals surface area (Å²) in [5.41, 5.74) is 3.22. The van der Waals surface area contributed by atoms with Gasteiger partial charge in [-0.05, 0) is 169 Å². The Bertz CT molecular complexity index is 3390. The Hall–Kier alpha value is -8.82. The largest absolute Gasteiger partial charge is 0.350 e. The van der Waals surface area contributed by atoms with E-state index in [0.29, 0.717) is 19.3 Å². The number of hydrogen-bond donors (Lipinski definition) is 12. The van der Waals surface area contributed by atoms with Gasteiger partial charge in [0.05, 0.1) is 36.3 Å². The second-order valence-electron chi connectivity index (χ2n) is 33.2. The molecule has 578 valence electrons. The van der Waals surface area contributed by atoms with E-state index in [1.165, 1.54) is 14.7 Å². The van der Waals surface area contributed by atoms with Crippen LogP contribution in [0.15, 0.2) is 72.8 Å². The summed E-state index contributed by atoms with van der Waals surface area (Å²) in [6, 6.07) is 9.29. The van der Waals surface area contributed by atoms with Crippen LogP contribution in [0.2, 0.25) is 0 Å². The van der Waals surface area contributed by atoms with Gasteiger partial charge in [0.2, 0.25) is 70.9 Å². The fourth-order valence-electron chi connectivity index (χ4n) is 15.7. The van der Waals surface area contributed by atoms with Gasteiger partial charge in [-0.2, -0.15) is 0 Å². The number of benzene rings is 3. The average molecular weight is 1470 g/mol. The van der Waals surface area contributed by atoms with Crippen molar-refractivity contribution < 1.29 is 57.5 Å². The Kier molecular flexibility index (Phi) is 26.4. The van der Waals surface area contributed by atoms with Gasteiger partial charge >= 0.3 is 0 Å². The summed E-state index contributed by atoms with van der Waals surface area (Å²) in [7, 11) is 4.82. The standard InChI is InChI=1S/C79H115N15O12/c1-43(80-13)65(95)89-62(77(4,5)6)74(104)92-40-49(37-58(92)68(98)86-55-34-22-28-46-25-16-19-31-52(46)55)83-71(101)61(72(102)84-50-38-59(69(99)87-56-35-23-29-47-26-17-20-32-53(47)56)93(41-50)75(105)63(78(7,8)9)90-66(96)44(2)81-14)73(103)85-51-39-60(70(100)88-57-36-24-30-48-27-18-21-33-54(48)57)94(42-51)76(106)64(79(10,11)12)91-67(97)45(3)82-15/h16-21,25-27,31-33,43-45,49-51,55-64,80-82H,22-24,28-30,34-42H2,1-15H3,(H,83,101)(H,84,102)(H,85,103)(H,86,98)(H,87,99)(H,88,100)(H,89,95)(H,90,96)(H,91,97)/t43-,44-,45-,49-,50-,51-,55+,56+,57+,58-,59-,60-,62+,63+,64?/m0/s1. The predicted molar refractivity (Wildman–Crippen MR) is 400 cm³/mol. The molecule has 106 heavy (non-hydrogen) atoms. The Balaban J connectivity index is 1.08. The van der Waals surface area contributed by atoms with Gasteiger partial charge in [0, 0.05) is 37.8 Å². The predicted octanol–water partition coefficient (Wildman–Crippen LogP) is 2.86. The molecule has 6 aliphatic rings. The maximum atomic E-state index is 15.7. The van der Waals surface area contributed by atoms with Crippen LogP contribution in [-0.2, 0) is 76.8 Å². The van der Waals surface area contributed by atoms with E-state index in [0.717, 1.165) is 71.9 Å². The molecule has 0 bridgehead atoms. The van der Waals surface area contributed by atoms with E-state index in [1.54, 1.807) is 104 Å². The number of rotatable bonds is 24. The van der Waals surface area contributed by atoms with Crippen LogP contribution in [0.5, 0.6) is 0 Å². The van der Waals surface area contributed by atoms with Gasteiger partial charge in [-0.15, -0.1) is 0 Å². The minimum Gasteiger partial charge on any atom is -0.350 e. The zero-order chi connectivity index (χ0) is 77.4. The first-order valence-electron chi connectivity index (χ1n) is 37.9. The second kappa shape index (κ2) is 34.4. The molecule has 0 spiro atoms. The van der Waals surface area contributed by atoms with Gasteiger partial charge in [-0.25, -0.2) is 0 Å². The van der Waals surface area contributed by atoms with Crippen LogP contribution < -0.4 is 63.8 Å². The molecule has 3 saturated heterocycles. The fourth-order valence-corrected chi connectivity index (χ4v) is 15.7. The van der Waals surface area contributed by atoms with E-state index in [4.69, 9.17) is 0 Å². The highest BCUT2D eigenvalue weighted by Crippen LogP contribution is 2.36.